The SMILES string of the molecule is Cc1cc(Nc2nccc(C(C)(C)C)n2)cc(-c2cnc([C@@]3(O)CC[C@H](C(=O)O)C(C)(C)C3)s2)c1. The molecule has 2 heterocycles. The van der Waals surface area contributed by atoms with Crippen LogP contribution in [0.4, 0.5) is 11.6 Å². The van der Waals surface area contributed by atoms with Gasteiger partial charge in [-0.05, 0) is 60.9 Å². The molecule has 0 bridgehead atoms. The lowest BCUT2D eigenvalue weighted by atomic mass is 9.63. The number of rotatable bonds is 5. The molecule has 7 nitrogen and oxygen atoms in total. The lowest BCUT2D eigenvalue weighted by Crippen LogP contribution is -2.44. The van der Waals surface area contributed by atoms with Crippen LogP contribution in [0.2, 0.25) is 0 Å². The number of carboxylic acid groups (broad SMARTS) is 1. The quantitative estimate of drug-likeness (QED) is 0.396. The molecule has 2 atom stereocenters. The van der Waals surface area contributed by atoms with Gasteiger partial charge in [-0.1, -0.05) is 40.7 Å². The standard InChI is InChI=1S/C27H34N4O3S/c1-16-11-17(13-18(12-16)30-24-28-10-8-21(31-24)25(2,3)4)20-14-29-23(35-20)27(34)9-7-19(22(32)33)26(5,6)15-27/h8,10-14,19,34H,7,9,15H2,1-6H3,(H,32,33)(H,28,30,31)/t19-,27-/m1/s1. The van der Waals surface area contributed by atoms with Gasteiger partial charge in [-0.2, -0.15) is 0 Å². The summed E-state index contributed by atoms with van der Waals surface area (Å²) in [5.74, 6) is -0.717. The van der Waals surface area contributed by atoms with Gasteiger partial charge in [0.2, 0.25) is 5.95 Å². The molecule has 0 radical (unpaired) electrons. The van der Waals surface area contributed by atoms with E-state index in [9.17, 15) is 15.0 Å². The third-order valence-corrected chi connectivity index (χ3v) is 8.02. The fourth-order valence-electron chi connectivity index (χ4n) is 4.97. The van der Waals surface area contributed by atoms with Crippen LogP contribution < -0.4 is 5.32 Å². The number of nitrogens with zero attached hydrogens (tertiary/aromatic N) is 3. The Morgan fingerprint density at radius 3 is 2.60 bits per heavy atom. The highest BCUT2D eigenvalue weighted by atomic mass is 32.1. The zero-order chi connectivity index (χ0) is 25.6. The van der Waals surface area contributed by atoms with Gasteiger partial charge in [0, 0.05) is 23.5 Å². The van der Waals surface area contributed by atoms with Gasteiger partial charge in [-0.15, -0.1) is 11.3 Å². The molecule has 0 aliphatic heterocycles. The maximum atomic E-state index is 11.7. The van der Waals surface area contributed by atoms with E-state index in [0.29, 0.717) is 30.2 Å². The third-order valence-electron chi connectivity index (χ3n) is 6.78. The highest BCUT2D eigenvalue weighted by molar-refractivity contribution is 7.15. The number of aliphatic hydroxyl groups is 1. The fraction of sp³-hybridized carbons (Fsp3) is 0.481. The van der Waals surface area contributed by atoms with E-state index in [0.717, 1.165) is 27.4 Å². The van der Waals surface area contributed by atoms with Crippen molar-refractivity contribution in [1.29, 1.82) is 0 Å². The minimum absolute atomic E-state index is 0.0748. The van der Waals surface area contributed by atoms with Crippen LogP contribution in [0, 0.1) is 18.3 Å². The van der Waals surface area contributed by atoms with Crippen LogP contribution in [0.25, 0.3) is 10.4 Å². The molecule has 2 aromatic heterocycles. The number of hydrogen-bond donors (Lipinski definition) is 3. The molecule has 1 aliphatic rings. The minimum Gasteiger partial charge on any atom is -0.481 e. The number of carboxylic acids is 1. The molecular formula is C27H34N4O3S. The van der Waals surface area contributed by atoms with Crippen LogP contribution in [-0.2, 0) is 15.8 Å². The highest BCUT2D eigenvalue weighted by Crippen LogP contribution is 2.50. The maximum Gasteiger partial charge on any atom is 0.307 e. The van der Waals surface area contributed by atoms with Crippen molar-refractivity contribution in [1.82, 2.24) is 15.0 Å². The fourth-order valence-corrected chi connectivity index (χ4v) is 5.98. The van der Waals surface area contributed by atoms with Gasteiger partial charge in [0.25, 0.3) is 0 Å². The monoisotopic (exact) mass is 494 g/mol. The number of aliphatic carboxylic acids is 1. The third kappa shape index (κ3) is 5.38. The predicted octanol–water partition coefficient (Wildman–Crippen LogP) is 6.05. The van der Waals surface area contributed by atoms with Gasteiger partial charge < -0.3 is 15.5 Å². The van der Waals surface area contributed by atoms with Gasteiger partial charge in [-0.3, -0.25) is 4.79 Å². The first-order chi connectivity index (χ1) is 16.3. The molecule has 1 saturated carbocycles. The van der Waals surface area contributed by atoms with Crippen LogP contribution in [0.3, 0.4) is 0 Å². The van der Waals surface area contributed by atoms with Crippen molar-refractivity contribution >= 4 is 28.9 Å². The Hall–Kier alpha value is -2.84. The molecule has 1 aromatic carbocycles. The molecule has 4 rings (SSSR count). The summed E-state index contributed by atoms with van der Waals surface area (Å²) in [6, 6.07) is 8.10. The maximum absolute atomic E-state index is 11.7. The summed E-state index contributed by atoms with van der Waals surface area (Å²) in [7, 11) is 0. The first kappa shape index (κ1) is 25.3. The smallest absolute Gasteiger partial charge is 0.307 e. The average Bonchev–Trinajstić information content (AvgIpc) is 3.23. The molecule has 0 unspecified atom stereocenters. The van der Waals surface area contributed by atoms with Crippen molar-refractivity contribution in [3.63, 3.8) is 0 Å². The van der Waals surface area contributed by atoms with Crippen molar-refractivity contribution in [2.75, 3.05) is 5.32 Å². The lowest BCUT2D eigenvalue weighted by molar-refractivity contribution is -0.154. The molecule has 0 saturated heterocycles. The summed E-state index contributed by atoms with van der Waals surface area (Å²) in [4.78, 5) is 26.2. The van der Waals surface area contributed by atoms with Crippen molar-refractivity contribution < 1.29 is 15.0 Å². The Morgan fingerprint density at radius 2 is 1.94 bits per heavy atom. The van der Waals surface area contributed by atoms with E-state index in [2.05, 4.69) is 47.1 Å². The normalized spacial score (nSPS) is 22.1. The Kier molecular flexibility index (Phi) is 6.49. The second-order valence-electron chi connectivity index (χ2n) is 11.4. The van der Waals surface area contributed by atoms with E-state index in [4.69, 9.17) is 0 Å². The summed E-state index contributed by atoms with van der Waals surface area (Å²) < 4.78 is 0. The molecule has 0 amide bonds. The van der Waals surface area contributed by atoms with Crippen LogP contribution >= 0.6 is 11.3 Å². The van der Waals surface area contributed by atoms with Crippen molar-refractivity contribution in [3.05, 3.63) is 52.9 Å². The molecule has 35 heavy (non-hydrogen) atoms. The van der Waals surface area contributed by atoms with Crippen LogP contribution in [0.1, 0.15) is 70.1 Å². The number of hydrogen-bond acceptors (Lipinski definition) is 7. The van der Waals surface area contributed by atoms with Crippen molar-refractivity contribution in [2.45, 2.75) is 71.8 Å². The summed E-state index contributed by atoms with van der Waals surface area (Å²) >= 11 is 1.46. The first-order valence-corrected chi connectivity index (χ1v) is 12.7. The van der Waals surface area contributed by atoms with Crippen molar-refractivity contribution in [2.24, 2.45) is 11.3 Å². The number of aromatic nitrogens is 3. The van der Waals surface area contributed by atoms with E-state index in [-0.39, 0.29) is 5.41 Å². The summed E-state index contributed by atoms with van der Waals surface area (Å²) in [5.41, 5.74) is 2.19. The minimum atomic E-state index is -1.12. The Morgan fingerprint density at radius 1 is 1.20 bits per heavy atom. The van der Waals surface area contributed by atoms with Gasteiger partial charge >= 0.3 is 5.97 Å². The Balaban J connectivity index is 1.59. The number of anilines is 2. The number of nitrogens with one attached hydrogen (secondary N) is 1. The van der Waals surface area contributed by atoms with Gasteiger partial charge in [0.1, 0.15) is 10.6 Å². The predicted molar refractivity (Wildman–Crippen MR) is 139 cm³/mol. The largest absolute Gasteiger partial charge is 0.481 e. The zero-order valence-electron chi connectivity index (χ0n) is 21.2. The zero-order valence-corrected chi connectivity index (χ0v) is 22.0. The van der Waals surface area contributed by atoms with E-state index in [1.807, 2.05) is 39.0 Å². The van der Waals surface area contributed by atoms with Crippen LogP contribution in [0.5, 0.6) is 0 Å². The van der Waals surface area contributed by atoms with Crippen molar-refractivity contribution in [3.8, 4) is 10.4 Å². The summed E-state index contributed by atoms with van der Waals surface area (Å²) in [5, 5.41) is 25.0. The van der Waals surface area contributed by atoms with E-state index in [1.165, 1.54) is 11.3 Å². The van der Waals surface area contributed by atoms with Gasteiger partial charge in [0.05, 0.1) is 16.5 Å². The summed E-state index contributed by atoms with van der Waals surface area (Å²) in [6.07, 6.45) is 4.75. The molecule has 1 fully saturated rings. The van der Waals surface area contributed by atoms with E-state index in [1.54, 1.807) is 12.4 Å². The topological polar surface area (TPSA) is 108 Å². The van der Waals surface area contributed by atoms with Crippen LogP contribution in [-0.4, -0.2) is 31.1 Å². The Bertz CT molecular complexity index is 1250. The van der Waals surface area contributed by atoms with Crippen LogP contribution in [0.15, 0.2) is 36.7 Å². The van der Waals surface area contributed by atoms with E-state index >= 15 is 0 Å². The first-order valence-electron chi connectivity index (χ1n) is 11.9. The number of aryl methyl sites for hydroxylation is 1. The van der Waals surface area contributed by atoms with Gasteiger partial charge in [0.15, 0.2) is 0 Å². The molecule has 3 aromatic rings. The molecule has 8 heteroatoms. The number of carbonyl (C=O) groups is 1. The molecule has 1 aliphatic carbocycles. The molecule has 3 N–H and O–H groups in total. The van der Waals surface area contributed by atoms with E-state index < -0.39 is 22.9 Å². The number of thiazole rings is 1. The summed E-state index contributed by atoms with van der Waals surface area (Å²) in [6.45, 7) is 12.2. The molecule has 0 spiro atoms. The average molecular weight is 495 g/mol. The molecule has 186 valence electrons. The second kappa shape index (κ2) is 8.99. The Labute approximate surface area is 210 Å². The second-order valence-corrected chi connectivity index (χ2v) is 12.4. The lowest BCUT2D eigenvalue weighted by Gasteiger charge is -2.44. The number of benzene rings is 1. The molecular weight excluding hydrogens is 460 g/mol. The highest BCUT2D eigenvalue weighted by Gasteiger charge is 2.49. The van der Waals surface area contributed by atoms with Gasteiger partial charge in [-0.25, -0.2) is 15.0 Å².